The number of carbonyl (C=O) groups excluding carboxylic acids is 1. The first-order chi connectivity index (χ1) is 9.78. The maximum atomic E-state index is 12.5. The van der Waals surface area contributed by atoms with Gasteiger partial charge in [0.2, 0.25) is 5.91 Å². The number of carbonyl (C=O) groups is 1. The standard InChI is InChI=1S/C15H23N3OS.2ClH/c1-2-13-10-20-14(17-13)12-4-3-7-18(9-12)15(19)11-5-6-16-8-11;;/h10-12,16H,2-9H2,1H3;2*1H. The average molecular weight is 366 g/mol. The molecule has 1 aromatic heterocycles. The largest absolute Gasteiger partial charge is 0.342 e. The molecule has 126 valence electrons. The predicted molar refractivity (Wildman–Crippen MR) is 95.5 cm³/mol. The first kappa shape index (κ1) is 19.7. The number of halogens is 2. The second-order valence-electron chi connectivity index (χ2n) is 5.84. The van der Waals surface area contributed by atoms with Crippen molar-refractivity contribution in [3.63, 3.8) is 0 Å². The van der Waals surface area contributed by atoms with Crippen LogP contribution >= 0.6 is 36.2 Å². The van der Waals surface area contributed by atoms with Gasteiger partial charge in [-0.1, -0.05) is 6.92 Å². The lowest BCUT2D eigenvalue weighted by Crippen LogP contribution is -2.42. The third kappa shape index (κ3) is 4.34. The normalized spacial score (nSPS) is 24.5. The van der Waals surface area contributed by atoms with Crippen molar-refractivity contribution in [1.82, 2.24) is 15.2 Å². The molecule has 0 spiro atoms. The Labute approximate surface area is 148 Å². The van der Waals surface area contributed by atoms with E-state index in [-0.39, 0.29) is 30.7 Å². The number of aryl methyl sites for hydroxylation is 1. The van der Waals surface area contributed by atoms with Gasteiger partial charge in [-0.05, 0) is 32.2 Å². The van der Waals surface area contributed by atoms with E-state index in [1.165, 1.54) is 17.1 Å². The van der Waals surface area contributed by atoms with E-state index in [0.29, 0.717) is 11.8 Å². The quantitative estimate of drug-likeness (QED) is 0.895. The van der Waals surface area contributed by atoms with Crippen LogP contribution in [-0.4, -0.2) is 42.0 Å². The lowest BCUT2D eigenvalue weighted by Gasteiger charge is -2.33. The highest BCUT2D eigenvalue weighted by Crippen LogP contribution is 2.30. The lowest BCUT2D eigenvalue weighted by atomic mass is 9.96. The molecule has 2 unspecified atom stereocenters. The van der Waals surface area contributed by atoms with Crippen LogP contribution in [0.15, 0.2) is 5.38 Å². The van der Waals surface area contributed by atoms with Crippen LogP contribution in [0.5, 0.6) is 0 Å². The zero-order valence-corrected chi connectivity index (χ0v) is 15.4. The van der Waals surface area contributed by atoms with Gasteiger partial charge in [0.05, 0.1) is 16.6 Å². The van der Waals surface area contributed by atoms with Crippen molar-refractivity contribution in [3.05, 3.63) is 16.1 Å². The highest BCUT2D eigenvalue weighted by Gasteiger charge is 2.31. The molecule has 0 aliphatic carbocycles. The first-order valence-corrected chi connectivity index (χ1v) is 8.59. The van der Waals surface area contributed by atoms with Crippen LogP contribution < -0.4 is 5.32 Å². The summed E-state index contributed by atoms with van der Waals surface area (Å²) in [7, 11) is 0. The first-order valence-electron chi connectivity index (χ1n) is 7.71. The number of aromatic nitrogens is 1. The van der Waals surface area contributed by atoms with Crippen LogP contribution in [0.25, 0.3) is 0 Å². The van der Waals surface area contributed by atoms with Crippen molar-refractivity contribution in [2.45, 2.75) is 38.5 Å². The SMILES string of the molecule is CCc1csc(C2CCCN(C(=O)C3CCNC3)C2)n1.Cl.Cl. The molecule has 1 N–H and O–H groups in total. The molecule has 2 saturated heterocycles. The molecule has 7 heteroatoms. The summed E-state index contributed by atoms with van der Waals surface area (Å²) in [6, 6.07) is 0. The van der Waals surface area contributed by atoms with Gasteiger partial charge in [-0.25, -0.2) is 4.98 Å². The molecule has 1 aromatic rings. The fourth-order valence-electron chi connectivity index (χ4n) is 3.18. The minimum atomic E-state index is 0. The molecule has 0 saturated carbocycles. The third-order valence-corrected chi connectivity index (χ3v) is 5.48. The summed E-state index contributed by atoms with van der Waals surface area (Å²) < 4.78 is 0. The van der Waals surface area contributed by atoms with Crippen molar-refractivity contribution < 1.29 is 4.79 Å². The Morgan fingerprint density at radius 3 is 2.91 bits per heavy atom. The summed E-state index contributed by atoms with van der Waals surface area (Å²) in [5.74, 6) is 1.01. The highest BCUT2D eigenvalue weighted by atomic mass is 35.5. The second kappa shape index (κ2) is 9.06. The Kier molecular flexibility index (Phi) is 8.11. The summed E-state index contributed by atoms with van der Waals surface area (Å²) in [5.41, 5.74) is 1.19. The number of piperidine rings is 1. The monoisotopic (exact) mass is 365 g/mol. The molecule has 2 atom stereocenters. The van der Waals surface area contributed by atoms with E-state index < -0.39 is 0 Å². The van der Waals surface area contributed by atoms with Crippen LogP contribution in [0.3, 0.4) is 0 Å². The van der Waals surface area contributed by atoms with Crippen LogP contribution in [0.4, 0.5) is 0 Å². The lowest BCUT2D eigenvalue weighted by molar-refractivity contribution is -0.136. The van der Waals surface area contributed by atoms with Crippen molar-refractivity contribution in [2.75, 3.05) is 26.2 Å². The third-order valence-electron chi connectivity index (χ3n) is 4.42. The molecular formula is C15H25Cl2N3OS. The summed E-state index contributed by atoms with van der Waals surface area (Å²) >= 11 is 1.77. The Balaban J connectivity index is 0.00000121. The number of rotatable bonds is 3. The van der Waals surface area contributed by atoms with Gasteiger partial charge in [-0.3, -0.25) is 4.79 Å². The molecule has 1 amide bonds. The molecule has 0 aromatic carbocycles. The van der Waals surface area contributed by atoms with Crippen molar-refractivity contribution >= 4 is 42.1 Å². The van der Waals surface area contributed by atoms with Crippen LogP contribution in [0.2, 0.25) is 0 Å². The van der Waals surface area contributed by atoms with Crippen molar-refractivity contribution in [3.8, 4) is 0 Å². The maximum Gasteiger partial charge on any atom is 0.227 e. The number of likely N-dealkylation sites (tertiary alicyclic amines) is 1. The van der Waals surface area contributed by atoms with Gasteiger partial charge >= 0.3 is 0 Å². The van der Waals surface area contributed by atoms with Crippen molar-refractivity contribution in [2.24, 2.45) is 5.92 Å². The van der Waals surface area contributed by atoms with Crippen LogP contribution in [0, 0.1) is 5.92 Å². The van der Waals surface area contributed by atoms with Gasteiger partial charge in [-0.15, -0.1) is 36.2 Å². The molecule has 4 nitrogen and oxygen atoms in total. The molecule has 0 bridgehead atoms. The molecule has 0 radical (unpaired) electrons. The van der Waals surface area contributed by atoms with E-state index in [2.05, 4.69) is 22.5 Å². The molecule has 2 fully saturated rings. The van der Waals surface area contributed by atoms with Gasteiger partial charge in [0.1, 0.15) is 0 Å². The summed E-state index contributed by atoms with van der Waals surface area (Å²) in [6.07, 6.45) is 4.28. The smallest absolute Gasteiger partial charge is 0.227 e. The van der Waals surface area contributed by atoms with E-state index in [1.807, 2.05) is 0 Å². The molecule has 2 aliphatic rings. The van der Waals surface area contributed by atoms with Crippen LogP contribution in [-0.2, 0) is 11.2 Å². The van der Waals surface area contributed by atoms with Gasteiger partial charge in [0.15, 0.2) is 0 Å². The van der Waals surface area contributed by atoms with Crippen LogP contribution in [0.1, 0.15) is 42.8 Å². The predicted octanol–water partition coefficient (Wildman–Crippen LogP) is 2.86. The summed E-state index contributed by atoms with van der Waals surface area (Å²) in [4.78, 5) is 19.3. The number of nitrogens with one attached hydrogen (secondary N) is 1. The number of thiazole rings is 1. The van der Waals surface area contributed by atoms with Gasteiger partial charge in [0, 0.05) is 30.9 Å². The zero-order chi connectivity index (χ0) is 13.9. The van der Waals surface area contributed by atoms with Gasteiger partial charge in [0.25, 0.3) is 0 Å². The minimum Gasteiger partial charge on any atom is -0.342 e. The zero-order valence-electron chi connectivity index (χ0n) is 12.9. The summed E-state index contributed by atoms with van der Waals surface area (Å²) in [6.45, 7) is 5.78. The fraction of sp³-hybridized carbons (Fsp3) is 0.733. The molecule has 2 aliphatic heterocycles. The van der Waals surface area contributed by atoms with Gasteiger partial charge < -0.3 is 10.2 Å². The van der Waals surface area contributed by atoms with Crippen molar-refractivity contribution in [1.29, 1.82) is 0 Å². The van der Waals surface area contributed by atoms with E-state index >= 15 is 0 Å². The molecule has 3 rings (SSSR count). The summed E-state index contributed by atoms with van der Waals surface area (Å²) in [5, 5.41) is 6.68. The van der Waals surface area contributed by atoms with Gasteiger partial charge in [-0.2, -0.15) is 0 Å². The minimum absolute atomic E-state index is 0. The fourth-order valence-corrected chi connectivity index (χ4v) is 4.21. The average Bonchev–Trinajstić information content (AvgIpc) is 3.17. The van der Waals surface area contributed by atoms with E-state index in [1.54, 1.807) is 11.3 Å². The number of hydrogen-bond donors (Lipinski definition) is 1. The Morgan fingerprint density at radius 2 is 2.27 bits per heavy atom. The molecule has 3 heterocycles. The topological polar surface area (TPSA) is 45.2 Å². The molecular weight excluding hydrogens is 341 g/mol. The number of hydrogen-bond acceptors (Lipinski definition) is 4. The second-order valence-corrected chi connectivity index (χ2v) is 6.73. The Morgan fingerprint density at radius 1 is 1.45 bits per heavy atom. The Hall–Kier alpha value is -0.360. The number of nitrogens with zero attached hydrogens (tertiary/aromatic N) is 2. The van der Waals surface area contributed by atoms with E-state index in [0.717, 1.165) is 45.4 Å². The maximum absolute atomic E-state index is 12.5. The molecule has 22 heavy (non-hydrogen) atoms. The van der Waals surface area contributed by atoms with E-state index in [9.17, 15) is 4.79 Å². The Bertz CT molecular complexity index is 477. The highest BCUT2D eigenvalue weighted by molar-refractivity contribution is 7.09. The van der Waals surface area contributed by atoms with E-state index in [4.69, 9.17) is 4.98 Å². The number of amides is 1.